The third-order valence-electron chi connectivity index (χ3n) is 6.08. The highest BCUT2D eigenvalue weighted by Crippen LogP contribution is 2.51. The molecular weight excluding hydrogens is 412 g/mol. The molecule has 1 saturated carbocycles. The first-order valence-corrected chi connectivity index (χ1v) is 10.8. The quantitative estimate of drug-likeness (QED) is 0.484. The van der Waals surface area contributed by atoms with E-state index in [-0.39, 0.29) is 32.2 Å². The summed E-state index contributed by atoms with van der Waals surface area (Å²) in [5.41, 5.74) is 0.840. The van der Waals surface area contributed by atoms with E-state index in [9.17, 15) is 5.11 Å². The van der Waals surface area contributed by atoms with E-state index in [4.69, 9.17) is 28.4 Å². The molecule has 3 atom stereocenters. The van der Waals surface area contributed by atoms with Gasteiger partial charge in [0, 0.05) is 26.9 Å². The van der Waals surface area contributed by atoms with Crippen molar-refractivity contribution >= 4 is 0 Å². The molecule has 176 valence electrons. The van der Waals surface area contributed by atoms with Crippen LogP contribution in [0.3, 0.4) is 0 Å². The fourth-order valence-electron chi connectivity index (χ4n) is 4.52. The highest BCUT2D eigenvalue weighted by Gasteiger charge is 2.43. The lowest BCUT2D eigenvalue weighted by atomic mass is 9.74. The number of aliphatic hydroxyl groups is 1. The van der Waals surface area contributed by atoms with Gasteiger partial charge in [-0.25, -0.2) is 0 Å². The summed E-state index contributed by atoms with van der Waals surface area (Å²) in [5.74, 6) is 2.26. The second-order valence-corrected chi connectivity index (χ2v) is 8.17. The number of benzene rings is 2. The molecule has 0 aliphatic heterocycles. The molecular formula is C25H34O7. The Labute approximate surface area is 190 Å². The largest absolute Gasteiger partial charge is 0.468 e. The van der Waals surface area contributed by atoms with Gasteiger partial charge >= 0.3 is 0 Å². The minimum absolute atomic E-state index is 0.0100. The van der Waals surface area contributed by atoms with Crippen LogP contribution in [-0.2, 0) is 19.8 Å². The molecule has 7 nitrogen and oxygen atoms in total. The maximum absolute atomic E-state index is 11.7. The Bertz CT molecular complexity index is 835. The summed E-state index contributed by atoms with van der Waals surface area (Å²) in [6.07, 6.45) is 2.88. The topological polar surface area (TPSA) is 75.6 Å². The number of methoxy groups -OCH3 is 3. The molecule has 0 aromatic heterocycles. The molecule has 2 aromatic rings. The van der Waals surface area contributed by atoms with E-state index in [2.05, 4.69) is 0 Å². The summed E-state index contributed by atoms with van der Waals surface area (Å²) in [7, 11) is 4.77. The second kappa shape index (κ2) is 11.5. The van der Waals surface area contributed by atoms with E-state index in [1.165, 1.54) is 0 Å². The van der Waals surface area contributed by atoms with Crippen LogP contribution in [0.25, 0.3) is 0 Å². The maximum Gasteiger partial charge on any atom is 0.188 e. The normalized spacial score (nSPS) is 20.0. The second-order valence-electron chi connectivity index (χ2n) is 8.17. The van der Waals surface area contributed by atoms with Crippen molar-refractivity contribution in [2.75, 3.05) is 41.7 Å². The molecule has 0 bridgehead atoms. The lowest BCUT2D eigenvalue weighted by Gasteiger charge is -2.35. The zero-order valence-electron chi connectivity index (χ0n) is 19.3. The molecule has 1 aliphatic rings. The lowest BCUT2D eigenvalue weighted by molar-refractivity contribution is -0.0115. The predicted octanol–water partition coefficient (Wildman–Crippen LogP) is 4.43. The van der Waals surface area contributed by atoms with E-state index in [1.54, 1.807) is 21.3 Å². The van der Waals surface area contributed by atoms with Crippen molar-refractivity contribution in [1.82, 2.24) is 0 Å². The molecule has 1 fully saturated rings. The lowest BCUT2D eigenvalue weighted by Crippen LogP contribution is -2.33. The molecule has 0 amide bonds. The summed E-state index contributed by atoms with van der Waals surface area (Å²) < 4.78 is 32.1. The maximum atomic E-state index is 11.7. The van der Waals surface area contributed by atoms with Gasteiger partial charge in [0.2, 0.25) is 0 Å². The van der Waals surface area contributed by atoms with Crippen LogP contribution in [0.5, 0.6) is 17.2 Å². The first kappa shape index (κ1) is 24.3. The van der Waals surface area contributed by atoms with Gasteiger partial charge in [0.15, 0.2) is 20.4 Å². The van der Waals surface area contributed by atoms with Gasteiger partial charge in [-0.05, 0) is 67.5 Å². The van der Waals surface area contributed by atoms with Crippen molar-refractivity contribution < 1.29 is 33.5 Å². The van der Waals surface area contributed by atoms with Crippen LogP contribution in [0.1, 0.15) is 43.2 Å². The third-order valence-corrected chi connectivity index (χ3v) is 6.08. The highest BCUT2D eigenvalue weighted by molar-refractivity contribution is 5.44. The average Bonchev–Trinajstić information content (AvgIpc) is 3.31. The molecule has 32 heavy (non-hydrogen) atoms. The van der Waals surface area contributed by atoms with Gasteiger partial charge in [0.05, 0.1) is 5.60 Å². The molecule has 0 spiro atoms. The number of hydrogen-bond acceptors (Lipinski definition) is 7. The molecule has 7 heteroatoms. The number of hydrogen-bond donors (Lipinski definition) is 1. The van der Waals surface area contributed by atoms with Gasteiger partial charge in [0.1, 0.15) is 17.2 Å². The highest BCUT2D eigenvalue weighted by atomic mass is 16.7. The van der Waals surface area contributed by atoms with Gasteiger partial charge in [-0.3, -0.25) is 0 Å². The van der Waals surface area contributed by atoms with E-state index in [0.29, 0.717) is 11.5 Å². The van der Waals surface area contributed by atoms with Gasteiger partial charge in [-0.2, -0.15) is 0 Å². The molecule has 1 N–H and O–H groups in total. The summed E-state index contributed by atoms with van der Waals surface area (Å²) in [4.78, 5) is 0. The zero-order valence-corrected chi connectivity index (χ0v) is 19.3. The van der Waals surface area contributed by atoms with Gasteiger partial charge < -0.3 is 33.5 Å². The van der Waals surface area contributed by atoms with Crippen molar-refractivity contribution in [2.45, 2.75) is 37.7 Å². The predicted molar refractivity (Wildman–Crippen MR) is 120 cm³/mol. The van der Waals surface area contributed by atoms with Crippen molar-refractivity contribution in [2.24, 2.45) is 5.92 Å². The number of ether oxygens (including phenoxy) is 6. The van der Waals surface area contributed by atoms with Gasteiger partial charge in [-0.1, -0.05) is 18.6 Å². The van der Waals surface area contributed by atoms with Crippen LogP contribution in [0.2, 0.25) is 0 Å². The Balaban J connectivity index is 1.88. The first-order chi connectivity index (χ1) is 15.5. The Kier molecular flexibility index (Phi) is 8.75. The van der Waals surface area contributed by atoms with E-state index >= 15 is 0 Å². The molecule has 3 rings (SSSR count). The average molecular weight is 447 g/mol. The number of rotatable bonds is 12. The molecule has 0 heterocycles. The Morgan fingerprint density at radius 2 is 1.41 bits per heavy atom. The van der Waals surface area contributed by atoms with Crippen molar-refractivity contribution in [3.05, 3.63) is 53.6 Å². The molecule has 0 saturated heterocycles. The first-order valence-electron chi connectivity index (χ1n) is 10.8. The van der Waals surface area contributed by atoms with E-state index in [0.717, 1.165) is 36.1 Å². The molecule has 2 aromatic carbocycles. The van der Waals surface area contributed by atoms with Crippen LogP contribution >= 0.6 is 0 Å². The molecule has 1 unspecified atom stereocenters. The van der Waals surface area contributed by atoms with Crippen molar-refractivity contribution in [3.8, 4) is 17.2 Å². The van der Waals surface area contributed by atoms with Crippen molar-refractivity contribution in [3.63, 3.8) is 0 Å². The summed E-state index contributed by atoms with van der Waals surface area (Å²) in [6.45, 7) is 2.40. The fraction of sp³-hybridized carbons (Fsp3) is 0.520. The van der Waals surface area contributed by atoms with Crippen LogP contribution in [0.15, 0.2) is 42.5 Å². The smallest absolute Gasteiger partial charge is 0.188 e. The molecule has 1 aliphatic carbocycles. The standard InChI is InChI=1S/C25H34O7/c1-25(26,18-8-10-19(11-9-18)30-15-27-2)23-7-5-6-21(23)22-14-20(31-16-28-3)12-13-24(22)32-17-29-4/h8-14,21,23,26H,5-7,15-17H2,1-4H3/t21-,23-,25?/m0/s1. The van der Waals surface area contributed by atoms with Crippen LogP contribution in [-0.4, -0.2) is 46.8 Å². The fourth-order valence-corrected chi connectivity index (χ4v) is 4.52. The van der Waals surface area contributed by atoms with Crippen molar-refractivity contribution in [1.29, 1.82) is 0 Å². The monoisotopic (exact) mass is 446 g/mol. The minimum atomic E-state index is -1.02. The van der Waals surface area contributed by atoms with E-state index < -0.39 is 5.60 Å². The summed E-state index contributed by atoms with van der Waals surface area (Å²) in [5, 5.41) is 11.7. The SMILES string of the molecule is COCOc1ccc(C(C)(O)[C@H]2CCC[C@H]2c2cc(OCOC)ccc2OCOC)cc1. The minimum Gasteiger partial charge on any atom is -0.468 e. The zero-order chi connectivity index (χ0) is 23.0. The van der Waals surface area contributed by atoms with Gasteiger partial charge in [0.25, 0.3) is 0 Å². The Morgan fingerprint density at radius 3 is 2.06 bits per heavy atom. The van der Waals surface area contributed by atoms with Crippen LogP contribution in [0.4, 0.5) is 0 Å². The Hall–Kier alpha value is -2.32. The van der Waals surface area contributed by atoms with Crippen LogP contribution in [0, 0.1) is 5.92 Å². The summed E-state index contributed by atoms with van der Waals surface area (Å²) in [6, 6.07) is 13.3. The Morgan fingerprint density at radius 1 is 0.812 bits per heavy atom. The third kappa shape index (κ3) is 5.72. The van der Waals surface area contributed by atoms with Gasteiger partial charge in [-0.15, -0.1) is 0 Å². The van der Waals surface area contributed by atoms with E-state index in [1.807, 2.05) is 49.4 Å². The summed E-state index contributed by atoms with van der Waals surface area (Å²) >= 11 is 0. The molecule has 0 radical (unpaired) electrons. The van der Waals surface area contributed by atoms with Crippen LogP contribution < -0.4 is 14.2 Å².